The molecule has 4 heteroatoms. The molecular weight excluding hydrogens is 338 g/mol. The predicted octanol–water partition coefficient (Wildman–Crippen LogP) is 4.77. The highest BCUT2D eigenvalue weighted by molar-refractivity contribution is 5.80. The second kappa shape index (κ2) is 8.57. The number of hydrogen-bond acceptors (Lipinski definition) is 4. The van der Waals surface area contributed by atoms with Crippen LogP contribution in [0.3, 0.4) is 0 Å². The quantitative estimate of drug-likeness (QED) is 0.799. The average Bonchev–Trinajstić information content (AvgIpc) is 2.68. The molecule has 2 aromatic carbocycles. The zero-order valence-corrected chi connectivity index (χ0v) is 16.4. The van der Waals surface area contributed by atoms with E-state index in [1.54, 1.807) is 7.11 Å². The summed E-state index contributed by atoms with van der Waals surface area (Å²) in [6, 6.07) is 13.8. The molecular formula is C23H29NO3. The summed E-state index contributed by atoms with van der Waals surface area (Å²) >= 11 is 0. The molecule has 3 rings (SSSR count). The molecule has 0 amide bonds. The minimum atomic E-state index is -0.144. The largest absolute Gasteiger partial charge is 0.493 e. The maximum atomic E-state index is 12.2. The highest BCUT2D eigenvalue weighted by atomic mass is 16.5. The second-order valence-corrected chi connectivity index (χ2v) is 7.53. The minimum absolute atomic E-state index is 0.105. The molecule has 0 bridgehead atoms. The molecule has 144 valence electrons. The van der Waals surface area contributed by atoms with Crippen molar-refractivity contribution in [3.8, 4) is 11.5 Å². The molecule has 0 radical (unpaired) electrons. The summed E-state index contributed by atoms with van der Waals surface area (Å²) in [6.07, 6.45) is 2.10. The number of rotatable bonds is 6. The lowest BCUT2D eigenvalue weighted by Crippen LogP contribution is -2.24. The molecule has 1 aliphatic carbocycles. The Bertz CT molecular complexity index is 786. The third kappa shape index (κ3) is 4.33. The minimum Gasteiger partial charge on any atom is -0.493 e. The first-order valence-electron chi connectivity index (χ1n) is 9.66. The van der Waals surface area contributed by atoms with Gasteiger partial charge in [0, 0.05) is 24.4 Å². The molecule has 27 heavy (non-hydrogen) atoms. The van der Waals surface area contributed by atoms with E-state index in [0.29, 0.717) is 36.9 Å². The van der Waals surface area contributed by atoms with E-state index in [0.717, 1.165) is 28.9 Å². The predicted molar refractivity (Wildman–Crippen MR) is 107 cm³/mol. The summed E-state index contributed by atoms with van der Waals surface area (Å²) in [5.41, 5.74) is 9.45. The van der Waals surface area contributed by atoms with E-state index in [2.05, 4.69) is 6.92 Å². The monoisotopic (exact) mass is 367 g/mol. The van der Waals surface area contributed by atoms with Gasteiger partial charge in [0.2, 0.25) is 0 Å². The molecule has 0 saturated heterocycles. The van der Waals surface area contributed by atoms with E-state index < -0.39 is 0 Å². The Balaban J connectivity index is 2.05. The van der Waals surface area contributed by atoms with Crippen molar-refractivity contribution in [2.45, 2.75) is 51.7 Å². The molecule has 0 spiro atoms. The zero-order chi connectivity index (χ0) is 19.4. The highest BCUT2D eigenvalue weighted by Gasteiger charge is 2.33. The third-order valence-electron chi connectivity index (χ3n) is 5.51. The van der Waals surface area contributed by atoms with Crippen LogP contribution in [-0.4, -0.2) is 12.9 Å². The Morgan fingerprint density at radius 2 is 1.93 bits per heavy atom. The molecule has 3 atom stereocenters. The third-order valence-corrected chi connectivity index (χ3v) is 5.51. The van der Waals surface area contributed by atoms with Crippen molar-refractivity contribution in [2.24, 2.45) is 11.7 Å². The van der Waals surface area contributed by atoms with Gasteiger partial charge in [-0.05, 0) is 42.4 Å². The lowest BCUT2D eigenvalue weighted by molar-refractivity contribution is -0.121. The standard InChI is InChI=1S/C23H29NO3/c1-15-9-10-18(25)13-20(15)22-19(16(2)24)11-12-21(26-3)23(22)27-14-17-7-5-4-6-8-17/h4-8,11-12,15-16,20H,9-10,13-14,24H2,1-3H3. The van der Waals surface area contributed by atoms with Crippen LogP contribution in [0.2, 0.25) is 0 Å². The van der Waals surface area contributed by atoms with Gasteiger partial charge in [-0.2, -0.15) is 0 Å². The van der Waals surface area contributed by atoms with Gasteiger partial charge in [0.1, 0.15) is 12.4 Å². The van der Waals surface area contributed by atoms with E-state index in [-0.39, 0.29) is 12.0 Å². The maximum absolute atomic E-state index is 12.2. The van der Waals surface area contributed by atoms with Gasteiger partial charge in [-0.3, -0.25) is 4.79 Å². The molecule has 0 heterocycles. The molecule has 3 unspecified atom stereocenters. The van der Waals surface area contributed by atoms with Crippen molar-refractivity contribution in [3.63, 3.8) is 0 Å². The summed E-state index contributed by atoms with van der Waals surface area (Å²) in [4.78, 5) is 12.2. The van der Waals surface area contributed by atoms with Gasteiger partial charge < -0.3 is 15.2 Å². The van der Waals surface area contributed by atoms with Gasteiger partial charge >= 0.3 is 0 Å². The van der Waals surface area contributed by atoms with Crippen LogP contribution < -0.4 is 15.2 Å². The number of hydrogen-bond donors (Lipinski definition) is 1. The van der Waals surface area contributed by atoms with Crippen molar-refractivity contribution in [1.29, 1.82) is 0 Å². The Labute approximate surface area is 161 Å². The van der Waals surface area contributed by atoms with E-state index >= 15 is 0 Å². The van der Waals surface area contributed by atoms with Gasteiger partial charge in [0.05, 0.1) is 7.11 Å². The molecule has 2 aromatic rings. The van der Waals surface area contributed by atoms with Gasteiger partial charge in [-0.1, -0.05) is 43.3 Å². The summed E-state index contributed by atoms with van der Waals surface area (Å²) in [5, 5.41) is 0. The fraction of sp³-hybridized carbons (Fsp3) is 0.435. The molecule has 0 aromatic heterocycles. The van der Waals surface area contributed by atoms with Crippen LogP contribution in [0.25, 0.3) is 0 Å². The fourth-order valence-corrected chi connectivity index (χ4v) is 3.94. The lowest BCUT2D eigenvalue weighted by Gasteiger charge is -2.32. The van der Waals surface area contributed by atoms with E-state index in [9.17, 15) is 4.79 Å². The number of carbonyl (C=O) groups is 1. The normalized spacial score (nSPS) is 21.0. The smallest absolute Gasteiger partial charge is 0.165 e. The van der Waals surface area contributed by atoms with Crippen LogP contribution in [0.1, 0.15) is 61.8 Å². The second-order valence-electron chi connectivity index (χ2n) is 7.53. The van der Waals surface area contributed by atoms with Gasteiger partial charge in [-0.25, -0.2) is 0 Å². The van der Waals surface area contributed by atoms with E-state index in [1.807, 2.05) is 49.4 Å². The van der Waals surface area contributed by atoms with Crippen LogP contribution in [0.4, 0.5) is 0 Å². The van der Waals surface area contributed by atoms with Crippen LogP contribution in [0.15, 0.2) is 42.5 Å². The van der Waals surface area contributed by atoms with E-state index in [4.69, 9.17) is 15.2 Å². The van der Waals surface area contributed by atoms with E-state index in [1.165, 1.54) is 0 Å². The Morgan fingerprint density at radius 3 is 2.59 bits per heavy atom. The average molecular weight is 367 g/mol. The van der Waals surface area contributed by atoms with Gasteiger partial charge in [0.15, 0.2) is 11.5 Å². The van der Waals surface area contributed by atoms with Gasteiger partial charge in [0.25, 0.3) is 0 Å². The lowest BCUT2D eigenvalue weighted by atomic mass is 9.73. The summed E-state index contributed by atoms with van der Waals surface area (Å²) in [7, 11) is 1.65. The summed E-state index contributed by atoms with van der Waals surface area (Å²) in [5.74, 6) is 2.23. The first kappa shape index (κ1) is 19.4. The summed E-state index contributed by atoms with van der Waals surface area (Å²) < 4.78 is 11.9. The number of ether oxygens (including phenoxy) is 2. The Kier molecular flexibility index (Phi) is 6.17. The molecule has 4 nitrogen and oxygen atoms in total. The first-order chi connectivity index (χ1) is 13.0. The summed E-state index contributed by atoms with van der Waals surface area (Å²) in [6.45, 7) is 4.63. The number of nitrogens with two attached hydrogens (primary N) is 1. The number of Topliss-reactive ketones (excluding diaryl/α,β-unsaturated/α-hetero) is 1. The topological polar surface area (TPSA) is 61.5 Å². The molecule has 0 aliphatic heterocycles. The number of methoxy groups -OCH3 is 1. The maximum Gasteiger partial charge on any atom is 0.165 e. The molecule has 1 saturated carbocycles. The van der Waals surface area contributed by atoms with Crippen LogP contribution in [-0.2, 0) is 11.4 Å². The Morgan fingerprint density at radius 1 is 1.19 bits per heavy atom. The van der Waals surface area contributed by atoms with Crippen molar-refractivity contribution in [3.05, 3.63) is 59.2 Å². The van der Waals surface area contributed by atoms with Crippen molar-refractivity contribution < 1.29 is 14.3 Å². The molecule has 2 N–H and O–H groups in total. The molecule has 1 aliphatic rings. The fourth-order valence-electron chi connectivity index (χ4n) is 3.94. The Hall–Kier alpha value is -2.33. The van der Waals surface area contributed by atoms with Gasteiger partial charge in [-0.15, -0.1) is 0 Å². The number of benzene rings is 2. The highest BCUT2D eigenvalue weighted by Crippen LogP contribution is 2.47. The van der Waals surface area contributed by atoms with Crippen molar-refractivity contribution in [2.75, 3.05) is 7.11 Å². The van der Waals surface area contributed by atoms with Crippen molar-refractivity contribution in [1.82, 2.24) is 0 Å². The van der Waals surface area contributed by atoms with Crippen molar-refractivity contribution >= 4 is 5.78 Å². The molecule has 1 fully saturated rings. The van der Waals surface area contributed by atoms with Crippen LogP contribution in [0.5, 0.6) is 11.5 Å². The number of ketones is 1. The van der Waals surface area contributed by atoms with Crippen LogP contribution >= 0.6 is 0 Å². The number of carbonyl (C=O) groups excluding carboxylic acids is 1. The van der Waals surface area contributed by atoms with Crippen LogP contribution in [0, 0.1) is 5.92 Å². The SMILES string of the molecule is COc1ccc(C(C)N)c(C2CC(=O)CCC2C)c1OCc1ccccc1. The first-order valence-corrected chi connectivity index (χ1v) is 9.66. The zero-order valence-electron chi connectivity index (χ0n) is 16.4.